The number of rotatable bonds is 4. The van der Waals surface area contributed by atoms with E-state index in [1.54, 1.807) is 13.0 Å². The minimum Gasteiger partial charge on any atom is -0.371 e. The summed E-state index contributed by atoms with van der Waals surface area (Å²) in [4.78, 5) is 26.9. The minimum absolute atomic E-state index is 0.00516. The molecule has 5 rings (SSSR count). The number of ether oxygens (including phenoxy) is 1. The van der Waals surface area contributed by atoms with Crippen molar-refractivity contribution in [2.75, 3.05) is 32.8 Å². The summed E-state index contributed by atoms with van der Waals surface area (Å²) in [5.41, 5.74) is 0.575. The Morgan fingerprint density at radius 2 is 2.00 bits per heavy atom. The van der Waals surface area contributed by atoms with Gasteiger partial charge < -0.3 is 9.64 Å². The Labute approximate surface area is 203 Å². The molecular formula is C22H20F3N9O2. The maximum Gasteiger partial charge on any atom is 0.352 e. The van der Waals surface area contributed by atoms with E-state index in [0.29, 0.717) is 18.7 Å². The Hall–Kier alpha value is -3.96. The molecule has 0 saturated carbocycles. The van der Waals surface area contributed by atoms with Crippen LogP contribution in [0.3, 0.4) is 0 Å². The number of fused-ring (bicyclic) bond motifs is 1. The zero-order chi connectivity index (χ0) is 25.4. The van der Waals surface area contributed by atoms with Gasteiger partial charge in [0.1, 0.15) is 12.1 Å². The number of nitrogens with zero attached hydrogens (tertiary/aromatic N) is 9. The number of benzene rings is 1. The second-order valence-corrected chi connectivity index (χ2v) is 8.54. The van der Waals surface area contributed by atoms with Crippen molar-refractivity contribution in [3.8, 4) is 5.95 Å². The maximum atomic E-state index is 15.0. The number of morpholine rings is 1. The molecule has 3 aromatic rings. The van der Waals surface area contributed by atoms with Gasteiger partial charge in [0.05, 0.1) is 30.9 Å². The van der Waals surface area contributed by atoms with Crippen LogP contribution in [-0.2, 0) is 15.5 Å². The second-order valence-electron chi connectivity index (χ2n) is 8.54. The van der Waals surface area contributed by atoms with Gasteiger partial charge in [-0.05, 0) is 34.5 Å². The third kappa shape index (κ3) is 4.16. The summed E-state index contributed by atoms with van der Waals surface area (Å²) in [6.45, 7) is 10.1. The van der Waals surface area contributed by atoms with Crippen LogP contribution in [0.25, 0.3) is 10.8 Å². The highest BCUT2D eigenvalue weighted by Gasteiger charge is 2.47. The van der Waals surface area contributed by atoms with Crippen LogP contribution in [-0.4, -0.2) is 84.7 Å². The first kappa shape index (κ1) is 23.8. The molecule has 1 amide bonds. The fourth-order valence-electron chi connectivity index (χ4n) is 4.50. The Morgan fingerprint density at radius 3 is 2.69 bits per heavy atom. The van der Waals surface area contributed by atoms with Crippen molar-refractivity contribution in [3.05, 3.63) is 64.8 Å². The molecular weight excluding hydrogens is 479 g/mol. The largest absolute Gasteiger partial charge is 0.371 e. The molecule has 0 N–H and O–H groups in total. The van der Waals surface area contributed by atoms with E-state index in [9.17, 15) is 9.18 Å². The van der Waals surface area contributed by atoms with E-state index in [4.69, 9.17) is 11.3 Å². The Bertz CT molecular complexity index is 1310. The number of halogens is 3. The molecule has 0 spiro atoms. The zero-order valence-electron chi connectivity index (χ0n) is 19.1. The molecule has 2 fully saturated rings. The molecule has 186 valence electrons. The topological polar surface area (TPSA) is 107 Å². The Kier molecular flexibility index (Phi) is 6.10. The summed E-state index contributed by atoms with van der Waals surface area (Å²) < 4.78 is 51.1. The van der Waals surface area contributed by atoms with Crippen LogP contribution >= 0.6 is 0 Å². The molecule has 1 aromatic carbocycles. The summed E-state index contributed by atoms with van der Waals surface area (Å²) in [6.07, 6.45) is 2.60. The molecule has 36 heavy (non-hydrogen) atoms. The molecule has 2 saturated heterocycles. The van der Waals surface area contributed by atoms with Gasteiger partial charge in [-0.1, -0.05) is 6.07 Å². The SMILES string of the molecule is [C-]#[N+]c1c(F)ccc([C@H]2CN3CCN(C(=O)C(F)(F)c4cnc(-n5cnnn5)nc4)C[C@H]3CO2)c1C. The van der Waals surface area contributed by atoms with Gasteiger partial charge in [0.2, 0.25) is 5.69 Å². The molecule has 4 heterocycles. The van der Waals surface area contributed by atoms with Crippen molar-refractivity contribution in [2.24, 2.45) is 0 Å². The van der Waals surface area contributed by atoms with Gasteiger partial charge in [-0.2, -0.15) is 13.5 Å². The smallest absolute Gasteiger partial charge is 0.352 e. The van der Waals surface area contributed by atoms with Crippen LogP contribution in [0.2, 0.25) is 0 Å². The predicted octanol–water partition coefficient (Wildman–Crippen LogP) is 1.83. The van der Waals surface area contributed by atoms with Crippen molar-refractivity contribution in [1.82, 2.24) is 40.0 Å². The van der Waals surface area contributed by atoms with Crippen LogP contribution < -0.4 is 0 Å². The molecule has 0 aliphatic carbocycles. The summed E-state index contributed by atoms with van der Waals surface area (Å²) in [5, 5.41) is 10.5. The van der Waals surface area contributed by atoms with Gasteiger partial charge >= 0.3 is 5.92 Å². The van der Waals surface area contributed by atoms with Crippen molar-refractivity contribution in [3.63, 3.8) is 0 Å². The van der Waals surface area contributed by atoms with Crippen molar-refractivity contribution >= 4 is 11.6 Å². The number of piperazine rings is 1. The lowest BCUT2D eigenvalue weighted by Crippen LogP contribution is -2.61. The van der Waals surface area contributed by atoms with Crippen molar-refractivity contribution < 1.29 is 22.7 Å². The monoisotopic (exact) mass is 499 g/mol. The van der Waals surface area contributed by atoms with E-state index in [-0.39, 0.29) is 43.5 Å². The number of aromatic nitrogens is 6. The van der Waals surface area contributed by atoms with E-state index >= 15 is 8.78 Å². The number of alkyl halides is 2. The lowest BCUT2D eigenvalue weighted by molar-refractivity contribution is -0.166. The fraction of sp³-hybridized carbons (Fsp3) is 0.409. The van der Waals surface area contributed by atoms with Crippen LogP contribution in [0.4, 0.5) is 18.9 Å². The van der Waals surface area contributed by atoms with Gasteiger partial charge in [-0.3, -0.25) is 9.69 Å². The lowest BCUT2D eigenvalue weighted by atomic mass is 9.98. The molecule has 11 nitrogen and oxygen atoms in total. The van der Waals surface area contributed by atoms with E-state index in [0.717, 1.165) is 27.5 Å². The fourth-order valence-corrected chi connectivity index (χ4v) is 4.50. The van der Waals surface area contributed by atoms with Gasteiger partial charge in [0.15, 0.2) is 0 Å². The van der Waals surface area contributed by atoms with E-state index in [1.165, 1.54) is 12.4 Å². The highest BCUT2D eigenvalue weighted by Crippen LogP contribution is 2.35. The van der Waals surface area contributed by atoms with Crippen LogP contribution in [0.15, 0.2) is 30.9 Å². The first-order valence-electron chi connectivity index (χ1n) is 11.0. The van der Waals surface area contributed by atoms with Gasteiger partial charge in [0, 0.05) is 38.6 Å². The molecule has 14 heteroatoms. The quantitative estimate of drug-likeness (QED) is 0.501. The highest BCUT2D eigenvalue weighted by atomic mass is 19.3. The number of tetrazole rings is 1. The summed E-state index contributed by atoms with van der Waals surface area (Å²) >= 11 is 0. The average Bonchev–Trinajstić information content (AvgIpc) is 3.43. The molecule has 2 atom stereocenters. The maximum absolute atomic E-state index is 15.0. The van der Waals surface area contributed by atoms with E-state index < -0.39 is 23.2 Å². The number of carbonyl (C=O) groups is 1. The van der Waals surface area contributed by atoms with Crippen LogP contribution in [0.5, 0.6) is 0 Å². The summed E-state index contributed by atoms with van der Waals surface area (Å²) in [7, 11) is 0. The number of carbonyl (C=O) groups excluding carboxylic acids is 1. The first-order valence-corrected chi connectivity index (χ1v) is 11.0. The number of hydrogen-bond acceptors (Lipinski definition) is 8. The van der Waals surface area contributed by atoms with E-state index in [1.807, 2.05) is 0 Å². The Balaban J connectivity index is 1.25. The summed E-state index contributed by atoms with van der Waals surface area (Å²) in [5.74, 6) is -5.74. The predicted molar refractivity (Wildman–Crippen MR) is 117 cm³/mol. The standard InChI is InChI=1S/C22H20F3N9O2/c1-13-16(3-4-17(23)19(13)26-2)18-10-32-5-6-33(9-15(32)11-36-18)20(35)22(24,25)14-7-27-21(28-8-14)34-12-29-30-31-34/h3-4,7-8,12,15,18H,5-6,9-11H2,1H3/t15-,18+/m0/s1. The van der Waals surface area contributed by atoms with Crippen LogP contribution in [0, 0.1) is 19.3 Å². The van der Waals surface area contributed by atoms with Crippen LogP contribution in [0.1, 0.15) is 22.8 Å². The second kappa shape index (κ2) is 9.25. The third-order valence-electron chi connectivity index (χ3n) is 6.49. The number of amides is 1. The van der Waals surface area contributed by atoms with Gasteiger partial charge in [-0.15, -0.1) is 5.10 Å². The third-order valence-corrected chi connectivity index (χ3v) is 6.49. The first-order chi connectivity index (χ1) is 17.3. The van der Waals surface area contributed by atoms with Gasteiger partial charge in [0.25, 0.3) is 11.9 Å². The number of hydrogen-bond donors (Lipinski definition) is 0. The van der Waals surface area contributed by atoms with Gasteiger partial charge in [-0.25, -0.2) is 19.2 Å². The normalized spacial score (nSPS) is 20.6. The molecule has 0 unspecified atom stereocenters. The van der Waals surface area contributed by atoms with E-state index in [2.05, 4.69) is 35.2 Å². The minimum atomic E-state index is -3.82. The molecule has 0 radical (unpaired) electrons. The molecule has 2 aliphatic heterocycles. The average molecular weight is 499 g/mol. The molecule has 2 aliphatic rings. The van der Waals surface area contributed by atoms with Crippen molar-refractivity contribution in [2.45, 2.75) is 25.0 Å². The molecule has 2 aromatic heterocycles. The lowest BCUT2D eigenvalue weighted by Gasteiger charge is -2.46. The summed E-state index contributed by atoms with van der Waals surface area (Å²) in [6, 6.07) is 2.59. The highest BCUT2D eigenvalue weighted by molar-refractivity contribution is 5.84. The van der Waals surface area contributed by atoms with Crippen molar-refractivity contribution in [1.29, 1.82) is 0 Å². The molecule has 0 bridgehead atoms. The Morgan fingerprint density at radius 1 is 1.22 bits per heavy atom. The zero-order valence-corrected chi connectivity index (χ0v) is 19.1.